The van der Waals surface area contributed by atoms with Crippen LogP contribution in [0.3, 0.4) is 0 Å². The van der Waals surface area contributed by atoms with E-state index >= 15 is 0 Å². The fraction of sp³-hybridized carbons (Fsp3) is 0.0769. The maximum Gasteiger partial charge on any atom is 0.280 e. The molecule has 1 heterocycles. The average Bonchev–Trinajstić information content (AvgIpc) is 2.52. The highest BCUT2D eigenvalue weighted by molar-refractivity contribution is 7.98. The lowest BCUT2D eigenvalue weighted by Gasteiger charge is -2.03. The quantitative estimate of drug-likeness (QED) is 0.471. The summed E-state index contributed by atoms with van der Waals surface area (Å²) in [6.07, 6.45) is 1.48. The highest BCUT2D eigenvalue weighted by Gasteiger charge is 2.19. The number of benzene rings is 1. The zero-order valence-electron chi connectivity index (χ0n) is 11.0. The summed E-state index contributed by atoms with van der Waals surface area (Å²) in [5.74, 6) is 0.218. The molecule has 0 spiro atoms. The number of thioether (sulfide) groups is 1. The summed E-state index contributed by atoms with van der Waals surface area (Å²) >= 11 is 1.21. The van der Waals surface area contributed by atoms with Crippen LogP contribution in [-0.2, 0) is 5.75 Å². The lowest BCUT2D eigenvalue weighted by molar-refractivity contribution is -0.394. The van der Waals surface area contributed by atoms with Crippen LogP contribution in [0, 0.1) is 31.6 Å². The van der Waals surface area contributed by atoms with Gasteiger partial charge in [-0.1, -0.05) is 0 Å². The number of non-ortho nitro benzene ring substituents is 1. The molecule has 0 amide bonds. The number of hydrogen-bond acceptors (Lipinski definition) is 7. The van der Waals surface area contributed by atoms with Gasteiger partial charge in [0.1, 0.15) is 0 Å². The molecule has 0 atom stereocenters. The van der Waals surface area contributed by atoms with Crippen LogP contribution in [-0.4, -0.2) is 14.8 Å². The molecule has 0 radical (unpaired) electrons. The molecule has 0 bridgehead atoms. The zero-order chi connectivity index (χ0) is 16.1. The van der Waals surface area contributed by atoms with Crippen LogP contribution < -0.4 is 0 Å². The van der Waals surface area contributed by atoms with Crippen molar-refractivity contribution in [3.63, 3.8) is 0 Å². The van der Waals surface area contributed by atoms with Crippen LogP contribution in [0.4, 0.5) is 11.4 Å². The summed E-state index contributed by atoms with van der Waals surface area (Å²) in [5.41, 5.74) is 0.156. The van der Waals surface area contributed by atoms with E-state index in [1.54, 1.807) is 12.1 Å². The number of nitriles is 1. The number of pyridine rings is 1. The first kappa shape index (κ1) is 15.4. The highest BCUT2D eigenvalue weighted by Crippen LogP contribution is 2.30. The molecule has 110 valence electrons. The molecule has 0 aliphatic rings. The highest BCUT2D eigenvalue weighted by atomic mass is 32.2. The van der Waals surface area contributed by atoms with Crippen molar-refractivity contribution in [2.24, 2.45) is 0 Å². The van der Waals surface area contributed by atoms with E-state index in [9.17, 15) is 20.2 Å². The molecule has 0 unspecified atom stereocenters. The van der Waals surface area contributed by atoms with Gasteiger partial charge in [0, 0.05) is 23.6 Å². The van der Waals surface area contributed by atoms with E-state index in [4.69, 9.17) is 5.26 Å². The topological polar surface area (TPSA) is 123 Å². The molecule has 0 aliphatic carbocycles. The smallest absolute Gasteiger partial charge is 0.258 e. The predicted octanol–water partition coefficient (Wildman–Crippen LogP) is 3.06. The first-order valence-electron chi connectivity index (χ1n) is 5.92. The monoisotopic (exact) mass is 316 g/mol. The van der Waals surface area contributed by atoms with Crippen LogP contribution in [0.25, 0.3) is 0 Å². The van der Waals surface area contributed by atoms with Crippen LogP contribution in [0.1, 0.15) is 11.1 Å². The van der Waals surface area contributed by atoms with Crippen molar-refractivity contribution in [1.29, 1.82) is 5.26 Å². The summed E-state index contributed by atoms with van der Waals surface area (Å²) < 4.78 is 0. The van der Waals surface area contributed by atoms with Crippen LogP contribution >= 0.6 is 11.8 Å². The first-order valence-corrected chi connectivity index (χ1v) is 6.90. The Morgan fingerprint density at radius 3 is 2.59 bits per heavy atom. The third-order valence-electron chi connectivity index (χ3n) is 2.72. The second-order valence-corrected chi connectivity index (χ2v) is 5.11. The lowest BCUT2D eigenvalue weighted by Crippen LogP contribution is -1.97. The number of nitro groups is 2. The minimum atomic E-state index is -0.679. The van der Waals surface area contributed by atoms with Gasteiger partial charge < -0.3 is 0 Å². The van der Waals surface area contributed by atoms with Crippen LogP contribution in [0.2, 0.25) is 0 Å². The molecule has 22 heavy (non-hydrogen) atoms. The fourth-order valence-corrected chi connectivity index (χ4v) is 2.56. The van der Waals surface area contributed by atoms with Gasteiger partial charge in [0.2, 0.25) is 0 Å². The fourth-order valence-electron chi connectivity index (χ4n) is 1.67. The van der Waals surface area contributed by atoms with E-state index in [-0.39, 0.29) is 17.1 Å². The van der Waals surface area contributed by atoms with E-state index < -0.39 is 9.85 Å². The van der Waals surface area contributed by atoms with E-state index in [1.165, 1.54) is 30.1 Å². The van der Waals surface area contributed by atoms with Crippen molar-refractivity contribution in [2.45, 2.75) is 10.8 Å². The Labute approximate surface area is 128 Å². The Balaban J connectivity index is 2.24. The van der Waals surface area contributed by atoms with Crippen molar-refractivity contribution in [3.8, 4) is 6.07 Å². The standard InChI is InChI=1S/C13H8N4O4S/c14-7-9-3-4-15-13(5-9)22-8-10-1-2-11(16(18)19)6-12(10)17(20)21/h1-6H,8H2. The summed E-state index contributed by atoms with van der Waals surface area (Å²) in [6, 6.07) is 8.63. The van der Waals surface area contributed by atoms with Gasteiger partial charge in [-0.15, -0.1) is 11.8 Å². The van der Waals surface area contributed by atoms with E-state index in [0.717, 1.165) is 6.07 Å². The van der Waals surface area contributed by atoms with Gasteiger partial charge >= 0.3 is 0 Å². The van der Waals surface area contributed by atoms with Gasteiger partial charge in [-0.25, -0.2) is 4.98 Å². The number of nitrogens with zero attached hydrogens (tertiary/aromatic N) is 4. The summed E-state index contributed by atoms with van der Waals surface area (Å²) in [6.45, 7) is 0. The largest absolute Gasteiger partial charge is 0.280 e. The van der Waals surface area contributed by atoms with Gasteiger partial charge in [0.25, 0.3) is 11.4 Å². The minimum Gasteiger partial charge on any atom is -0.258 e. The Morgan fingerprint density at radius 1 is 1.18 bits per heavy atom. The van der Waals surface area contributed by atoms with Crippen LogP contribution in [0.15, 0.2) is 41.6 Å². The molecule has 0 saturated carbocycles. The molecule has 0 saturated heterocycles. The molecule has 9 heteroatoms. The van der Waals surface area contributed by atoms with Gasteiger partial charge in [-0.3, -0.25) is 20.2 Å². The Kier molecular flexibility index (Phi) is 4.65. The van der Waals surface area contributed by atoms with Crippen LogP contribution in [0.5, 0.6) is 0 Å². The summed E-state index contributed by atoms with van der Waals surface area (Å²) in [4.78, 5) is 24.4. The predicted molar refractivity (Wildman–Crippen MR) is 78.3 cm³/mol. The number of hydrogen-bond donors (Lipinski definition) is 0. The van der Waals surface area contributed by atoms with E-state index in [1.807, 2.05) is 6.07 Å². The third-order valence-corrected chi connectivity index (χ3v) is 3.69. The Morgan fingerprint density at radius 2 is 1.95 bits per heavy atom. The molecular weight excluding hydrogens is 308 g/mol. The number of rotatable bonds is 5. The average molecular weight is 316 g/mol. The molecule has 0 aliphatic heterocycles. The van der Waals surface area contributed by atoms with E-state index in [2.05, 4.69) is 4.98 Å². The van der Waals surface area contributed by atoms with Crippen molar-refractivity contribution >= 4 is 23.1 Å². The maximum absolute atomic E-state index is 11.0. The minimum absolute atomic E-state index is 0.218. The normalized spacial score (nSPS) is 9.95. The van der Waals surface area contributed by atoms with Gasteiger partial charge in [-0.2, -0.15) is 5.26 Å². The van der Waals surface area contributed by atoms with Crippen molar-refractivity contribution < 1.29 is 9.85 Å². The second-order valence-electron chi connectivity index (χ2n) is 4.11. The molecule has 0 fully saturated rings. The van der Waals surface area contributed by atoms with Crippen molar-refractivity contribution in [1.82, 2.24) is 4.98 Å². The van der Waals surface area contributed by atoms with Gasteiger partial charge in [0.15, 0.2) is 0 Å². The molecule has 1 aromatic heterocycles. The Bertz CT molecular complexity index is 788. The third kappa shape index (κ3) is 3.56. The van der Waals surface area contributed by atoms with E-state index in [0.29, 0.717) is 16.2 Å². The second kappa shape index (κ2) is 6.64. The molecule has 0 N–H and O–H groups in total. The summed E-state index contributed by atoms with van der Waals surface area (Å²) in [5, 5.41) is 31.1. The number of nitro benzene ring substituents is 2. The Hall–Kier alpha value is -2.99. The molecule has 2 aromatic rings. The van der Waals surface area contributed by atoms with Gasteiger partial charge in [0.05, 0.1) is 32.6 Å². The SMILES string of the molecule is N#Cc1ccnc(SCc2ccc([N+](=O)[O-])cc2[N+](=O)[O-])c1. The van der Waals surface area contributed by atoms with Crippen molar-refractivity contribution in [3.05, 3.63) is 67.9 Å². The lowest BCUT2D eigenvalue weighted by atomic mass is 10.2. The summed E-state index contributed by atoms with van der Waals surface area (Å²) in [7, 11) is 0. The number of aromatic nitrogens is 1. The molecular formula is C13H8N4O4S. The zero-order valence-corrected chi connectivity index (χ0v) is 11.8. The first-order chi connectivity index (χ1) is 10.5. The molecule has 8 nitrogen and oxygen atoms in total. The molecule has 2 rings (SSSR count). The van der Waals surface area contributed by atoms with Gasteiger partial charge in [-0.05, 0) is 18.2 Å². The molecule has 1 aromatic carbocycles. The maximum atomic E-state index is 11.0. The van der Waals surface area contributed by atoms with Crippen molar-refractivity contribution in [2.75, 3.05) is 0 Å².